The van der Waals surface area contributed by atoms with Gasteiger partial charge >= 0.3 is 0 Å². The van der Waals surface area contributed by atoms with Gasteiger partial charge in [0.2, 0.25) is 0 Å². The van der Waals surface area contributed by atoms with Crippen LogP contribution in [0, 0.1) is 13.8 Å². The molecular formula is C15H23ClN2O. The predicted molar refractivity (Wildman–Crippen MR) is 81.1 cm³/mol. The van der Waals surface area contributed by atoms with E-state index in [4.69, 9.17) is 0 Å². The summed E-state index contributed by atoms with van der Waals surface area (Å²) in [7, 11) is 0. The highest BCUT2D eigenvalue weighted by molar-refractivity contribution is 5.97. The highest BCUT2D eigenvalue weighted by Gasteiger charge is 2.26. The molecule has 3 nitrogen and oxygen atoms in total. The number of carbonyl (C=O) groups excluding carboxylic acids is 1. The van der Waals surface area contributed by atoms with Crippen molar-refractivity contribution in [2.45, 2.75) is 39.8 Å². The van der Waals surface area contributed by atoms with Crippen LogP contribution in [0.5, 0.6) is 0 Å². The van der Waals surface area contributed by atoms with Crippen LogP contribution in [0.25, 0.3) is 0 Å². The number of piperazine rings is 1. The number of carbonyl (C=O) groups is 1. The first-order valence-corrected chi connectivity index (χ1v) is 6.60. The zero-order valence-corrected chi connectivity index (χ0v) is 12.9. The van der Waals surface area contributed by atoms with Crippen molar-refractivity contribution in [2.75, 3.05) is 13.1 Å². The molecule has 19 heavy (non-hydrogen) atoms. The van der Waals surface area contributed by atoms with E-state index in [-0.39, 0.29) is 18.3 Å². The highest BCUT2D eigenvalue weighted by Crippen LogP contribution is 2.17. The highest BCUT2D eigenvalue weighted by atomic mass is 35.5. The van der Waals surface area contributed by atoms with Crippen LogP contribution in [0.3, 0.4) is 0 Å². The van der Waals surface area contributed by atoms with Crippen LogP contribution in [0.4, 0.5) is 0 Å². The number of halogens is 1. The fourth-order valence-corrected chi connectivity index (χ4v) is 2.80. The lowest BCUT2D eigenvalue weighted by Crippen LogP contribution is -2.56. The maximum Gasteiger partial charge on any atom is 0.254 e. The monoisotopic (exact) mass is 282 g/mol. The summed E-state index contributed by atoms with van der Waals surface area (Å²) in [5, 5.41) is 3.45. The molecule has 2 atom stereocenters. The molecule has 0 bridgehead atoms. The number of benzene rings is 1. The maximum atomic E-state index is 12.6. The molecule has 0 saturated carbocycles. The minimum atomic E-state index is 0. The first-order chi connectivity index (χ1) is 8.49. The van der Waals surface area contributed by atoms with Gasteiger partial charge in [-0.2, -0.15) is 0 Å². The minimum Gasteiger partial charge on any atom is -0.336 e. The molecule has 1 aliphatic rings. The number of nitrogens with one attached hydrogen (secondary N) is 1. The average Bonchev–Trinajstić information content (AvgIpc) is 2.27. The zero-order chi connectivity index (χ0) is 13.3. The van der Waals surface area contributed by atoms with E-state index in [2.05, 4.69) is 19.2 Å². The molecule has 2 unspecified atom stereocenters. The molecule has 1 heterocycles. The molecular weight excluding hydrogens is 260 g/mol. The summed E-state index contributed by atoms with van der Waals surface area (Å²) in [6.07, 6.45) is 0. The van der Waals surface area contributed by atoms with Gasteiger partial charge in [0.05, 0.1) is 0 Å². The van der Waals surface area contributed by atoms with E-state index in [1.807, 2.05) is 36.9 Å². The third-order valence-electron chi connectivity index (χ3n) is 3.54. The SMILES string of the molecule is Cc1cccc(C)c1C(=O)N1CC(C)NC(C)C1.Cl. The molecule has 1 aromatic carbocycles. The Morgan fingerprint density at radius 3 is 2.11 bits per heavy atom. The van der Waals surface area contributed by atoms with Gasteiger partial charge in [0.1, 0.15) is 0 Å². The number of amides is 1. The Bertz CT molecular complexity index is 431. The summed E-state index contributed by atoms with van der Waals surface area (Å²) >= 11 is 0. The molecule has 4 heteroatoms. The molecule has 1 saturated heterocycles. The average molecular weight is 283 g/mol. The number of rotatable bonds is 1. The number of hydrogen-bond acceptors (Lipinski definition) is 2. The summed E-state index contributed by atoms with van der Waals surface area (Å²) in [5.41, 5.74) is 3.01. The molecule has 1 aromatic rings. The van der Waals surface area contributed by atoms with Gasteiger partial charge in [0, 0.05) is 30.7 Å². The normalized spacial score (nSPS) is 22.8. The van der Waals surface area contributed by atoms with Gasteiger partial charge in [-0.15, -0.1) is 12.4 Å². The van der Waals surface area contributed by atoms with Gasteiger partial charge in [-0.3, -0.25) is 4.79 Å². The van der Waals surface area contributed by atoms with E-state index >= 15 is 0 Å². The summed E-state index contributed by atoms with van der Waals surface area (Å²) < 4.78 is 0. The van der Waals surface area contributed by atoms with Crippen molar-refractivity contribution >= 4 is 18.3 Å². The van der Waals surface area contributed by atoms with Crippen molar-refractivity contribution < 1.29 is 4.79 Å². The van der Waals surface area contributed by atoms with Gasteiger partial charge in [-0.25, -0.2) is 0 Å². The standard InChI is InChI=1S/C15H22N2O.ClH/c1-10-6-5-7-11(2)14(10)15(18)17-8-12(3)16-13(4)9-17;/h5-7,12-13,16H,8-9H2,1-4H3;1H. The van der Waals surface area contributed by atoms with Crippen LogP contribution < -0.4 is 5.32 Å². The Hall–Kier alpha value is -1.06. The Morgan fingerprint density at radius 2 is 1.63 bits per heavy atom. The van der Waals surface area contributed by atoms with Gasteiger partial charge in [0.15, 0.2) is 0 Å². The predicted octanol–water partition coefficient (Wildman–Crippen LogP) is 2.55. The Morgan fingerprint density at radius 1 is 1.16 bits per heavy atom. The van der Waals surface area contributed by atoms with Gasteiger partial charge in [-0.05, 0) is 38.8 Å². The fourth-order valence-electron chi connectivity index (χ4n) is 2.80. The first-order valence-electron chi connectivity index (χ1n) is 6.60. The zero-order valence-electron chi connectivity index (χ0n) is 12.1. The van der Waals surface area contributed by atoms with Gasteiger partial charge in [0.25, 0.3) is 5.91 Å². The largest absolute Gasteiger partial charge is 0.336 e. The van der Waals surface area contributed by atoms with Crippen molar-refractivity contribution in [2.24, 2.45) is 0 Å². The van der Waals surface area contributed by atoms with Crippen LogP contribution in [0.15, 0.2) is 18.2 Å². The first kappa shape index (κ1) is 16.0. The molecule has 0 spiro atoms. The quantitative estimate of drug-likeness (QED) is 0.859. The van der Waals surface area contributed by atoms with Crippen molar-refractivity contribution in [3.05, 3.63) is 34.9 Å². The van der Waals surface area contributed by atoms with Crippen molar-refractivity contribution in [3.8, 4) is 0 Å². The second-order valence-corrected chi connectivity index (χ2v) is 5.45. The lowest BCUT2D eigenvalue weighted by molar-refractivity contribution is 0.0672. The molecule has 1 aliphatic heterocycles. The van der Waals surface area contributed by atoms with E-state index in [1.165, 1.54) is 0 Å². The van der Waals surface area contributed by atoms with Crippen LogP contribution >= 0.6 is 12.4 Å². The van der Waals surface area contributed by atoms with Crippen molar-refractivity contribution in [1.82, 2.24) is 10.2 Å². The fraction of sp³-hybridized carbons (Fsp3) is 0.533. The number of nitrogens with zero attached hydrogens (tertiary/aromatic N) is 1. The molecule has 0 aromatic heterocycles. The molecule has 2 rings (SSSR count). The smallest absolute Gasteiger partial charge is 0.254 e. The van der Waals surface area contributed by atoms with Crippen LogP contribution in [0.2, 0.25) is 0 Å². The summed E-state index contributed by atoms with van der Waals surface area (Å²) in [6.45, 7) is 9.85. The van der Waals surface area contributed by atoms with Gasteiger partial charge < -0.3 is 10.2 Å². The minimum absolute atomic E-state index is 0. The number of hydrogen-bond donors (Lipinski definition) is 1. The maximum absolute atomic E-state index is 12.6. The second kappa shape index (κ2) is 6.40. The topological polar surface area (TPSA) is 32.3 Å². The molecule has 0 radical (unpaired) electrons. The van der Waals surface area contributed by atoms with E-state index < -0.39 is 0 Å². The van der Waals surface area contributed by atoms with Crippen LogP contribution in [-0.2, 0) is 0 Å². The molecule has 106 valence electrons. The van der Waals surface area contributed by atoms with Crippen LogP contribution in [0.1, 0.15) is 35.3 Å². The van der Waals surface area contributed by atoms with E-state index in [0.717, 1.165) is 29.8 Å². The molecule has 0 aliphatic carbocycles. The van der Waals surface area contributed by atoms with E-state index in [9.17, 15) is 4.79 Å². The summed E-state index contributed by atoms with van der Waals surface area (Å²) in [4.78, 5) is 14.6. The van der Waals surface area contributed by atoms with E-state index in [0.29, 0.717) is 12.1 Å². The molecule has 1 amide bonds. The van der Waals surface area contributed by atoms with Gasteiger partial charge in [-0.1, -0.05) is 18.2 Å². The van der Waals surface area contributed by atoms with E-state index in [1.54, 1.807) is 0 Å². The van der Waals surface area contributed by atoms with Crippen molar-refractivity contribution in [3.63, 3.8) is 0 Å². The summed E-state index contributed by atoms with van der Waals surface area (Å²) in [5.74, 6) is 0.172. The number of aryl methyl sites for hydroxylation is 2. The second-order valence-electron chi connectivity index (χ2n) is 5.45. The Kier molecular flexibility index (Phi) is 5.39. The Balaban J connectivity index is 0.00000180. The molecule has 1 fully saturated rings. The lowest BCUT2D eigenvalue weighted by Gasteiger charge is -2.36. The van der Waals surface area contributed by atoms with Crippen LogP contribution in [-0.4, -0.2) is 36.0 Å². The molecule has 1 N–H and O–H groups in total. The third kappa shape index (κ3) is 3.48. The Labute approximate surface area is 121 Å². The summed E-state index contributed by atoms with van der Waals surface area (Å²) in [6, 6.07) is 6.75. The van der Waals surface area contributed by atoms with Crippen molar-refractivity contribution in [1.29, 1.82) is 0 Å². The third-order valence-corrected chi connectivity index (χ3v) is 3.54. The lowest BCUT2D eigenvalue weighted by atomic mass is 10.0.